The first-order valence-electron chi connectivity index (χ1n) is 7.67. The van der Waals surface area contributed by atoms with E-state index in [1.54, 1.807) is 12.4 Å². The summed E-state index contributed by atoms with van der Waals surface area (Å²) in [6.07, 6.45) is 9.23. The molecule has 116 valence electrons. The molecule has 0 aliphatic carbocycles. The molecule has 6 heteroatoms. The van der Waals surface area contributed by atoms with Crippen LogP contribution in [0.3, 0.4) is 0 Å². The quantitative estimate of drug-likeness (QED) is 0.865. The molecule has 1 fully saturated rings. The standard InChI is InChI=1S/C16H21N5O/c1-12-8-17-9-15(19-12)14-4-3-6-21(10-14)16(22)11-20-7-5-18-13(20)2/h5,7-9,14H,3-4,6,10-11H2,1-2H3/t14-/m0/s1. The molecule has 6 nitrogen and oxygen atoms in total. The molecule has 0 N–H and O–H groups in total. The average Bonchev–Trinajstić information content (AvgIpc) is 2.92. The van der Waals surface area contributed by atoms with Gasteiger partial charge in [-0.1, -0.05) is 0 Å². The van der Waals surface area contributed by atoms with Crippen molar-refractivity contribution in [3.8, 4) is 0 Å². The number of rotatable bonds is 3. The summed E-state index contributed by atoms with van der Waals surface area (Å²) < 4.78 is 1.89. The summed E-state index contributed by atoms with van der Waals surface area (Å²) in [4.78, 5) is 27.4. The van der Waals surface area contributed by atoms with Gasteiger partial charge in [-0.3, -0.25) is 14.8 Å². The first-order chi connectivity index (χ1) is 10.6. The molecule has 0 radical (unpaired) electrons. The van der Waals surface area contributed by atoms with Gasteiger partial charge in [0.2, 0.25) is 5.91 Å². The van der Waals surface area contributed by atoms with Gasteiger partial charge in [0.15, 0.2) is 0 Å². The number of piperidine rings is 1. The normalized spacial score (nSPS) is 18.5. The van der Waals surface area contributed by atoms with Crippen LogP contribution >= 0.6 is 0 Å². The Labute approximate surface area is 130 Å². The zero-order chi connectivity index (χ0) is 15.5. The van der Waals surface area contributed by atoms with Crippen LogP contribution in [0.25, 0.3) is 0 Å². The van der Waals surface area contributed by atoms with Gasteiger partial charge in [0.05, 0.1) is 11.4 Å². The Morgan fingerprint density at radius 2 is 2.23 bits per heavy atom. The van der Waals surface area contributed by atoms with Gasteiger partial charge in [-0.05, 0) is 26.7 Å². The van der Waals surface area contributed by atoms with Crippen LogP contribution in [0.4, 0.5) is 0 Å². The maximum absolute atomic E-state index is 12.5. The minimum atomic E-state index is 0.145. The van der Waals surface area contributed by atoms with E-state index in [-0.39, 0.29) is 11.8 Å². The van der Waals surface area contributed by atoms with Crippen LogP contribution in [0.2, 0.25) is 0 Å². The molecule has 2 aromatic heterocycles. The van der Waals surface area contributed by atoms with Crippen molar-refractivity contribution in [2.24, 2.45) is 0 Å². The lowest BCUT2D eigenvalue weighted by Crippen LogP contribution is -2.41. The summed E-state index contributed by atoms with van der Waals surface area (Å²) in [6.45, 7) is 5.77. The van der Waals surface area contributed by atoms with Crippen molar-refractivity contribution in [1.82, 2.24) is 24.4 Å². The molecule has 3 rings (SSSR count). The fraction of sp³-hybridized carbons (Fsp3) is 0.500. The highest BCUT2D eigenvalue weighted by molar-refractivity contribution is 5.76. The number of carbonyl (C=O) groups excluding carboxylic acids is 1. The summed E-state index contributed by atoms with van der Waals surface area (Å²) in [5.74, 6) is 1.30. The minimum absolute atomic E-state index is 0.145. The Balaban J connectivity index is 1.67. The zero-order valence-corrected chi connectivity index (χ0v) is 13.1. The topological polar surface area (TPSA) is 63.9 Å². The lowest BCUT2D eigenvalue weighted by molar-refractivity contribution is -0.133. The Bertz CT molecular complexity index is 666. The Hall–Kier alpha value is -2.24. The predicted molar refractivity (Wildman–Crippen MR) is 82.3 cm³/mol. The van der Waals surface area contributed by atoms with Crippen molar-refractivity contribution in [2.45, 2.75) is 39.2 Å². The maximum atomic E-state index is 12.5. The average molecular weight is 299 g/mol. The number of amides is 1. The van der Waals surface area contributed by atoms with Crippen LogP contribution in [0.5, 0.6) is 0 Å². The SMILES string of the molecule is Cc1cncc([C@H]2CCCN(C(=O)Cn3ccnc3C)C2)n1. The number of nitrogens with zero attached hydrogens (tertiary/aromatic N) is 5. The van der Waals surface area contributed by atoms with E-state index in [9.17, 15) is 4.79 Å². The molecule has 2 aromatic rings. The largest absolute Gasteiger partial charge is 0.340 e. The van der Waals surface area contributed by atoms with E-state index in [2.05, 4.69) is 15.0 Å². The van der Waals surface area contributed by atoms with Gasteiger partial charge in [0, 0.05) is 43.8 Å². The van der Waals surface area contributed by atoms with Crippen LogP contribution in [-0.2, 0) is 11.3 Å². The molecule has 1 saturated heterocycles. The molecule has 0 unspecified atom stereocenters. The monoisotopic (exact) mass is 299 g/mol. The van der Waals surface area contributed by atoms with Crippen LogP contribution < -0.4 is 0 Å². The van der Waals surface area contributed by atoms with E-state index in [0.717, 1.165) is 43.1 Å². The van der Waals surface area contributed by atoms with Crippen LogP contribution in [0.15, 0.2) is 24.8 Å². The molecule has 1 aliphatic rings. The molecule has 0 saturated carbocycles. The number of hydrogen-bond donors (Lipinski definition) is 0. The van der Waals surface area contributed by atoms with E-state index in [1.807, 2.05) is 35.7 Å². The summed E-state index contributed by atoms with van der Waals surface area (Å²) in [5.41, 5.74) is 1.92. The summed E-state index contributed by atoms with van der Waals surface area (Å²) in [7, 11) is 0. The lowest BCUT2D eigenvalue weighted by Gasteiger charge is -2.32. The van der Waals surface area contributed by atoms with Crippen LogP contribution in [0, 0.1) is 13.8 Å². The Morgan fingerprint density at radius 3 is 2.95 bits per heavy atom. The first-order valence-corrected chi connectivity index (χ1v) is 7.67. The van der Waals surface area contributed by atoms with Crippen molar-refractivity contribution >= 4 is 5.91 Å². The van der Waals surface area contributed by atoms with Gasteiger partial charge in [-0.25, -0.2) is 4.98 Å². The van der Waals surface area contributed by atoms with Gasteiger partial charge in [0.1, 0.15) is 12.4 Å². The summed E-state index contributed by atoms with van der Waals surface area (Å²) in [6, 6.07) is 0. The van der Waals surface area contributed by atoms with Crippen molar-refractivity contribution < 1.29 is 4.79 Å². The highest BCUT2D eigenvalue weighted by Crippen LogP contribution is 2.25. The van der Waals surface area contributed by atoms with Crippen LogP contribution in [-0.4, -0.2) is 43.4 Å². The molecule has 0 aromatic carbocycles. The highest BCUT2D eigenvalue weighted by Gasteiger charge is 2.26. The maximum Gasteiger partial charge on any atom is 0.242 e. The first kappa shape index (κ1) is 14.7. The van der Waals surface area contributed by atoms with E-state index >= 15 is 0 Å². The van der Waals surface area contributed by atoms with Gasteiger partial charge < -0.3 is 9.47 Å². The summed E-state index contributed by atoms with van der Waals surface area (Å²) >= 11 is 0. The second-order valence-corrected chi connectivity index (χ2v) is 5.87. The number of aryl methyl sites for hydroxylation is 2. The molecule has 1 aliphatic heterocycles. The number of carbonyl (C=O) groups is 1. The van der Waals surface area contributed by atoms with Crippen LogP contribution in [0.1, 0.15) is 36.0 Å². The summed E-state index contributed by atoms with van der Waals surface area (Å²) in [5, 5.41) is 0. The molecule has 0 spiro atoms. The van der Waals surface area contributed by atoms with Gasteiger partial charge in [-0.2, -0.15) is 0 Å². The van der Waals surface area contributed by atoms with E-state index in [0.29, 0.717) is 6.54 Å². The van der Waals surface area contributed by atoms with Gasteiger partial charge >= 0.3 is 0 Å². The van der Waals surface area contributed by atoms with Crippen molar-refractivity contribution in [1.29, 1.82) is 0 Å². The van der Waals surface area contributed by atoms with Gasteiger partial charge in [-0.15, -0.1) is 0 Å². The lowest BCUT2D eigenvalue weighted by atomic mass is 9.95. The third-order valence-corrected chi connectivity index (χ3v) is 4.20. The van der Waals surface area contributed by atoms with Gasteiger partial charge in [0.25, 0.3) is 0 Å². The molecule has 22 heavy (non-hydrogen) atoms. The molecular formula is C16H21N5O. The minimum Gasteiger partial charge on any atom is -0.340 e. The Kier molecular flexibility index (Phi) is 4.18. The fourth-order valence-electron chi connectivity index (χ4n) is 2.94. The van der Waals surface area contributed by atoms with Crippen molar-refractivity contribution in [2.75, 3.05) is 13.1 Å². The predicted octanol–water partition coefficient (Wildman–Crippen LogP) is 1.70. The fourth-order valence-corrected chi connectivity index (χ4v) is 2.94. The number of likely N-dealkylation sites (tertiary alicyclic amines) is 1. The highest BCUT2D eigenvalue weighted by atomic mass is 16.2. The second kappa shape index (κ2) is 6.25. The number of hydrogen-bond acceptors (Lipinski definition) is 4. The van der Waals surface area contributed by atoms with Crippen molar-refractivity contribution in [3.63, 3.8) is 0 Å². The second-order valence-electron chi connectivity index (χ2n) is 5.87. The Morgan fingerprint density at radius 1 is 1.36 bits per heavy atom. The zero-order valence-electron chi connectivity index (χ0n) is 13.1. The number of imidazole rings is 1. The smallest absolute Gasteiger partial charge is 0.242 e. The molecule has 3 heterocycles. The molecule has 1 atom stereocenters. The molecule has 0 bridgehead atoms. The third-order valence-electron chi connectivity index (χ3n) is 4.20. The van der Waals surface area contributed by atoms with Crippen molar-refractivity contribution in [3.05, 3.63) is 42.0 Å². The van der Waals surface area contributed by atoms with E-state index in [1.165, 1.54) is 0 Å². The molecular weight excluding hydrogens is 278 g/mol. The number of aromatic nitrogens is 4. The van der Waals surface area contributed by atoms with E-state index < -0.39 is 0 Å². The van der Waals surface area contributed by atoms with E-state index in [4.69, 9.17) is 0 Å². The molecule has 1 amide bonds. The third kappa shape index (κ3) is 3.16.